The second-order valence-corrected chi connectivity index (χ2v) is 17.3. The van der Waals surface area contributed by atoms with Crippen molar-refractivity contribution in [1.82, 2.24) is 4.57 Å². The molecule has 2 aliphatic rings. The van der Waals surface area contributed by atoms with Gasteiger partial charge in [0.2, 0.25) is 0 Å². The molecule has 0 amide bonds. The van der Waals surface area contributed by atoms with Crippen molar-refractivity contribution in [2.75, 3.05) is 33.0 Å². The number of aliphatic hydroxyl groups is 16. The third-order valence-corrected chi connectivity index (χ3v) is 12.1. The number of benzene rings is 4. The van der Waals surface area contributed by atoms with Gasteiger partial charge in [-0.3, -0.25) is 14.4 Å². The minimum atomic E-state index is -1.65. The van der Waals surface area contributed by atoms with E-state index < -0.39 is 111 Å². The molecule has 19 N–H and O–H groups in total. The molecule has 0 unspecified atom stereocenters. The lowest BCUT2D eigenvalue weighted by Gasteiger charge is -2.24. The van der Waals surface area contributed by atoms with Crippen LogP contribution < -0.4 is 16.9 Å². The molecule has 0 radical (unpaired) electrons. The highest BCUT2D eigenvalue weighted by Gasteiger charge is 2.35. The predicted molar refractivity (Wildman–Crippen MR) is 288 cm³/mol. The van der Waals surface area contributed by atoms with Crippen LogP contribution in [-0.2, 0) is 11.3 Å². The van der Waals surface area contributed by atoms with Gasteiger partial charge in [-0.1, -0.05) is 105 Å². The van der Waals surface area contributed by atoms with Gasteiger partial charge in [0.1, 0.15) is 67.1 Å². The lowest BCUT2D eigenvalue weighted by atomic mass is 10.0. The Labute approximate surface area is 455 Å². The zero-order valence-corrected chi connectivity index (χ0v) is 41.1. The molecule has 8 rings (SSSR count). The molecule has 2 aromatic heterocycles. The van der Waals surface area contributed by atoms with Crippen molar-refractivity contribution in [1.29, 1.82) is 0 Å². The number of hydrogen-bond acceptors (Lipinski definition) is 25. The summed E-state index contributed by atoms with van der Waals surface area (Å²) in [4.78, 5) is 60.4. The zero-order valence-electron chi connectivity index (χ0n) is 41.1. The summed E-state index contributed by atoms with van der Waals surface area (Å²) in [7, 11) is 0. The first kappa shape index (κ1) is 69.2. The average molecular weight is 1130 g/mol. The number of pyridine rings is 1. The molecule has 26 heteroatoms. The molecule has 6 aromatic rings. The maximum absolute atomic E-state index is 13.1. The van der Waals surface area contributed by atoms with E-state index in [1.165, 1.54) is 4.57 Å². The van der Waals surface area contributed by atoms with Crippen LogP contribution in [0.1, 0.15) is 46.7 Å². The number of nitrogens with two attached hydrogens (primary N) is 1. The Morgan fingerprint density at radius 2 is 0.875 bits per heavy atom. The van der Waals surface area contributed by atoms with Gasteiger partial charge in [0.15, 0.2) is 23.6 Å². The molecule has 12 atom stereocenters. The minimum Gasteiger partial charge on any atom is -0.421 e. The predicted octanol–water partition coefficient (Wildman–Crippen LogP) is -3.63. The highest BCUT2D eigenvalue weighted by molar-refractivity contribution is 6.27. The smallest absolute Gasteiger partial charge is 0.344 e. The van der Waals surface area contributed by atoms with Crippen molar-refractivity contribution in [3.05, 3.63) is 140 Å². The largest absolute Gasteiger partial charge is 0.421 e. The van der Waals surface area contributed by atoms with Crippen molar-refractivity contribution in [3.63, 3.8) is 0 Å². The fourth-order valence-corrected chi connectivity index (χ4v) is 7.80. The van der Waals surface area contributed by atoms with Gasteiger partial charge in [0, 0.05) is 45.0 Å². The highest BCUT2D eigenvalue weighted by atomic mass is 16.4. The summed E-state index contributed by atoms with van der Waals surface area (Å²) in [5, 5.41) is 155. The molecule has 0 saturated heterocycles. The van der Waals surface area contributed by atoms with Crippen LogP contribution in [0.2, 0.25) is 0 Å². The highest BCUT2D eigenvalue weighted by Crippen LogP contribution is 2.40. The van der Waals surface area contributed by atoms with Crippen LogP contribution in [0, 0.1) is 0 Å². The number of hydrogen-bond donors (Lipinski definition) is 18. The molecule has 80 heavy (non-hydrogen) atoms. The van der Waals surface area contributed by atoms with Gasteiger partial charge in [-0.25, -0.2) is 4.79 Å². The van der Waals surface area contributed by atoms with E-state index in [4.69, 9.17) is 81.7 Å². The van der Waals surface area contributed by atoms with E-state index in [-0.39, 0.29) is 45.8 Å². The van der Waals surface area contributed by atoms with E-state index in [0.29, 0.717) is 72.6 Å². The lowest BCUT2D eigenvalue weighted by Crippen LogP contribution is -2.43. The third-order valence-electron chi connectivity index (χ3n) is 12.1. The van der Waals surface area contributed by atoms with Crippen molar-refractivity contribution >= 4 is 45.6 Å². The van der Waals surface area contributed by atoms with Gasteiger partial charge in [0.25, 0.3) is 5.56 Å². The number of fused-ring (bicyclic) bond motifs is 10. The van der Waals surface area contributed by atoms with Gasteiger partial charge >= 0.3 is 5.63 Å². The second kappa shape index (κ2) is 32.4. The Hall–Kier alpha value is -6.90. The normalized spacial score (nSPS) is 16.3. The van der Waals surface area contributed by atoms with Gasteiger partial charge in [-0.15, -0.1) is 0 Å². The summed E-state index contributed by atoms with van der Waals surface area (Å²) in [5.41, 5.74) is 7.74. The summed E-state index contributed by atoms with van der Waals surface area (Å²) in [6.07, 6.45) is -17.0. The van der Waals surface area contributed by atoms with Crippen LogP contribution in [0.25, 0.3) is 44.1 Å². The number of aliphatic hydroxyl groups excluding tert-OH is 16. The van der Waals surface area contributed by atoms with Crippen LogP contribution in [0.3, 0.4) is 0 Å². The first-order chi connectivity index (χ1) is 37.1. The fraction of sp³-hybridized carbons (Fsp3) is 0.370. The summed E-state index contributed by atoms with van der Waals surface area (Å²) in [6.45, 7) is -3.16. The number of aldehydes is 1. The summed E-state index contributed by atoms with van der Waals surface area (Å²) < 4.78 is 6.62. The molecule has 0 aliphatic heterocycles. The third kappa shape index (κ3) is 15.9. The van der Waals surface area contributed by atoms with Crippen LogP contribution in [0.5, 0.6) is 0 Å². The molecule has 0 saturated carbocycles. The maximum Gasteiger partial charge on any atom is 0.344 e. The maximum atomic E-state index is 13.1. The molecule has 438 valence electrons. The van der Waals surface area contributed by atoms with Gasteiger partial charge in [-0.2, -0.15) is 0 Å². The number of carbonyl (C=O) groups excluding carboxylic acids is 3. The van der Waals surface area contributed by atoms with Gasteiger partial charge in [0.05, 0.1) is 67.5 Å². The molecule has 0 fully saturated rings. The topological polar surface area (TPSA) is 486 Å². The summed E-state index contributed by atoms with van der Waals surface area (Å²) >= 11 is 0. The fourth-order valence-electron chi connectivity index (χ4n) is 7.80. The van der Waals surface area contributed by atoms with Crippen molar-refractivity contribution in [2.45, 2.75) is 94.6 Å². The van der Waals surface area contributed by atoms with Crippen LogP contribution in [0.4, 0.5) is 0 Å². The number of oxime groups is 1. The van der Waals surface area contributed by atoms with Gasteiger partial charge < -0.3 is 106 Å². The van der Waals surface area contributed by atoms with E-state index in [2.05, 4.69) is 5.16 Å². The van der Waals surface area contributed by atoms with Gasteiger partial charge in [-0.05, 0) is 12.1 Å². The Balaban J connectivity index is 0.000000367. The molecule has 4 aromatic carbocycles. The van der Waals surface area contributed by atoms with Crippen LogP contribution in [0.15, 0.2) is 116 Å². The van der Waals surface area contributed by atoms with Crippen LogP contribution >= 0.6 is 0 Å². The quantitative estimate of drug-likeness (QED) is 0.0181. The van der Waals surface area contributed by atoms with E-state index >= 15 is 0 Å². The number of ketones is 2. The first-order valence-corrected chi connectivity index (χ1v) is 23.5. The number of carbonyl (C=O) groups is 3. The summed E-state index contributed by atoms with van der Waals surface area (Å²) in [5.74, 6) is 0.107. The number of nitrogens with zero attached hydrogens (tertiary/aromatic N) is 2. The van der Waals surface area contributed by atoms with Crippen molar-refractivity contribution in [3.8, 4) is 22.6 Å². The van der Waals surface area contributed by atoms with E-state index in [1.807, 2.05) is 18.2 Å². The SMILES string of the molecule is C.C.NC[C@@H](O)[C@H](O)[C@H](O)CO.O=C1c2ccccc2-c2c1c1ccccc1c(=O)n2C[C@@H](O)[C@H](O)[C@H](O)CO.O=C1c2ccccc2-c2oc(=O)c3ccccc3c21.O=C[C@@H](O)[C@H](O)[C@H](O)CO.OC[C@@H](O)[C@@H](O)[C@H](O)/C=N/O. The Morgan fingerprint density at radius 1 is 0.487 bits per heavy atom. The molecule has 2 heterocycles. The van der Waals surface area contributed by atoms with Crippen molar-refractivity contribution < 1.29 is 106 Å². The minimum absolute atomic E-state index is 0. The van der Waals surface area contributed by atoms with Crippen LogP contribution in [-0.4, -0.2) is 222 Å². The molecule has 26 nitrogen and oxygen atoms in total. The standard InChI is InChI=1S/C21H19NO6.C16H8O3.C5H11NO5.C5H13NO4.C5H10O5.2CH4/c23-10-16(25)20(27)15(24)9-22-18-12-6-2-3-7-13(12)19(26)17(18)11-5-1-4-8-14(11)21(22)28;17-14-10-6-2-3-7-11(10)15-13(14)9-5-1-4-8-12(9)16(18)19-15;7-2-4(9)5(10)3(8)1-6-11;2*6-1-3(8)5(10)4(9)2-7;;/h1-8,15-16,20,23-25,27H,9-10H2;1-8H;1,3-5,7-11H,2H2;3-5,7-10H,1-2,6H2;1,3-5,7-10H,2H2;2*1H4/b;;6-1+;;;;/t15-,16-,20+;;3*3-,4-,5+;;/m1.111../s1. The zero-order chi connectivity index (χ0) is 58.1. The molecular formula is C54H69N3O23. The monoisotopic (exact) mass is 1130 g/mol. The second-order valence-electron chi connectivity index (χ2n) is 17.3. The lowest BCUT2D eigenvalue weighted by molar-refractivity contribution is -0.127. The Morgan fingerprint density at radius 3 is 1.35 bits per heavy atom. The molecule has 0 spiro atoms. The molecule has 0 bridgehead atoms. The first-order valence-electron chi connectivity index (χ1n) is 23.5. The summed E-state index contributed by atoms with van der Waals surface area (Å²) in [6, 6.07) is 27.9. The van der Waals surface area contributed by atoms with Crippen molar-refractivity contribution in [2.24, 2.45) is 10.9 Å². The van der Waals surface area contributed by atoms with E-state index in [9.17, 15) is 39.3 Å². The number of rotatable bonds is 17. The van der Waals surface area contributed by atoms with E-state index in [0.717, 1.165) is 0 Å². The molecule has 2 aliphatic carbocycles. The average Bonchev–Trinajstić information content (AvgIpc) is 3.93. The molecular weight excluding hydrogens is 1060 g/mol. The Kier molecular flexibility index (Phi) is 28.0. The number of aromatic nitrogens is 1. The van der Waals surface area contributed by atoms with E-state index in [1.54, 1.807) is 78.9 Å². The Bertz CT molecular complexity index is 3100.